The molecule has 2 aliphatic rings. The molecule has 2 atom stereocenters. The first-order valence-electron chi connectivity index (χ1n) is 10.4. The molecular weight excluding hydrogens is 430 g/mol. The van der Waals surface area contributed by atoms with Gasteiger partial charge in [0.1, 0.15) is 5.82 Å². The molecule has 4 rings (SSSR count). The number of nitrogens with one attached hydrogen (secondary N) is 1. The predicted octanol–water partition coefficient (Wildman–Crippen LogP) is 2.56. The number of aromatic nitrogens is 2. The molecule has 0 saturated carbocycles. The van der Waals surface area contributed by atoms with Crippen molar-refractivity contribution >= 4 is 28.0 Å². The third kappa shape index (κ3) is 4.22. The van der Waals surface area contributed by atoms with Crippen molar-refractivity contribution in [3.8, 4) is 17.3 Å². The summed E-state index contributed by atoms with van der Waals surface area (Å²) in [5.41, 5.74) is 1.36. The van der Waals surface area contributed by atoms with Crippen LogP contribution in [0, 0.1) is 0 Å². The van der Waals surface area contributed by atoms with Gasteiger partial charge in [-0.15, -0.1) is 0 Å². The smallest absolute Gasteiger partial charge is 0.268 e. The first-order valence-corrected chi connectivity index (χ1v) is 11.9. The maximum absolute atomic E-state index is 13.1. The zero-order chi connectivity index (χ0) is 22.9. The van der Waals surface area contributed by atoms with E-state index in [1.807, 2.05) is 12.1 Å². The van der Waals surface area contributed by atoms with Crippen molar-refractivity contribution in [2.24, 2.45) is 4.99 Å². The van der Waals surface area contributed by atoms with Crippen molar-refractivity contribution in [3.05, 3.63) is 46.9 Å². The van der Waals surface area contributed by atoms with Crippen LogP contribution in [0.25, 0.3) is 11.4 Å². The fourth-order valence-electron chi connectivity index (χ4n) is 4.00. The lowest BCUT2D eigenvalue weighted by Gasteiger charge is -2.29. The molecule has 1 saturated heterocycles. The van der Waals surface area contributed by atoms with Crippen molar-refractivity contribution in [2.75, 3.05) is 18.6 Å². The Kier molecular flexibility index (Phi) is 5.96. The van der Waals surface area contributed by atoms with E-state index in [0.29, 0.717) is 23.1 Å². The standard InChI is InChI=1S/C22H25N5O4S/c1-14-7-8-15(2)27(14)21-17(22(28)26-32(29,30)16-11-12-23-13-16)9-10-19(25-21)18-5-4-6-20(24-18)31-3/h4-6,9-12,14-15H,7-8,13H2,1-3H3,(H,26,28)/t14-,15+. The summed E-state index contributed by atoms with van der Waals surface area (Å²) >= 11 is 0. The van der Waals surface area contributed by atoms with Gasteiger partial charge in [-0.3, -0.25) is 9.79 Å². The SMILES string of the molecule is COc1cccc(-c2ccc(C(=O)NS(=O)(=O)C3=CC=NC3)c(N3[C@H](C)CC[C@@H]3C)n2)n1. The van der Waals surface area contributed by atoms with Crippen LogP contribution in [0.5, 0.6) is 5.88 Å². The van der Waals surface area contributed by atoms with Gasteiger partial charge in [-0.05, 0) is 51.0 Å². The first kappa shape index (κ1) is 21.9. The van der Waals surface area contributed by atoms with Crippen molar-refractivity contribution in [3.63, 3.8) is 0 Å². The highest BCUT2D eigenvalue weighted by molar-refractivity contribution is 7.94. The molecule has 10 heteroatoms. The van der Waals surface area contributed by atoms with E-state index in [0.717, 1.165) is 12.8 Å². The van der Waals surface area contributed by atoms with Crippen LogP contribution < -0.4 is 14.4 Å². The second kappa shape index (κ2) is 8.70. The Morgan fingerprint density at radius 3 is 2.47 bits per heavy atom. The van der Waals surface area contributed by atoms with Crippen LogP contribution in [0.2, 0.25) is 0 Å². The van der Waals surface area contributed by atoms with Crippen LogP contribution in [0.3, 0.4) is 0 Å². The Morgan fingerprint density at radius 2 is 1.81 bits per heavy atom. The van der Waals surface area contributed by atoms with E-state index < -0.39 is 15.9 Å². The summed E-state index contributed by atoms with van der Waals surface area (Å²) in [7, 11) is -2.45. The minimum absolute atomic E-state index is 0.0222. The van der Waals surface area contributed by atoms with Crippen molar-refractivity contribution < 1.29 is 17.9 Å². The highest BCUT2D eigenvalue weighted by Crippen LogP contribution is 2.33. The van der Waals surface area contributed by atoms with E-state index in [-0.39, 0.29) is 29.1 Å². The average Bonchev–Trinajstić information content (AvgIpc) is 3.44. The molecule has 0 unspecified atom stereocenters. The number of ether oxygens (including phenoxy) is 1. The zero-order valence-electron chi connectivity index (χ0n) is 18.1. The fourth-order valence-corrected chi connectivity index (χ4v) is 4.97. The molecule has 0 aromatic carbocycles. The summed E-state index contributed by atoms with van der Waals surface area (Å²) in [6.45, 7) is 4.16. The molecule has 32 heavy (non-hydrogen) atoms. The summed E-state index contributed by atoms with van der Waals surface area (Å²) < 4.78 is 32.6. The van der Waals surface area contributed by atoms with Crippen LogP contribution in [-0.4, -0.2) is 56.2 Å². The number of carbonyl (C=O) groups excluding carboxylic acids is 1. The molecule has 0 radical (unpaired) electrons. The second-order valence-corrected chi connectivity index (χ2v) is 9.61. The van der Waals surface area contributed by atoms with Crippen molar-refractivity contribution in [1.29, 1.82) is 0 Å². The Labute approximate surface area is 187 Å². The Balaban J connectivity index is 1.75. The van der Waals surface area contributed by atoms with Gasteiger partial charge in [0.2, 0.25) is 5.88 Å². The number of anilines is 1. The van der Waals surface area contributed by atoms with Crippen LogP contribution in [0.4, 0.5) is 5.82 Å². The molecule has 1 amide bonds. The number of carbonyl (C=O) groups is 1. The highest BCUT2D eigenvalue weighted by atomic mass is 32.2. The number of nitrogens with zero attached hydrogens (tertiary/aromatic N) is 4. The van der Waals surface area contributed by atoms with E-state index in [9.17, 15) is 13.2 Å². The molecule has 168 valence electrons. The van der Waals surface area contributed by atoms with Crippen LogP contribution >= 0.6 is 0 Å². The second-order valence-electron chi connectivity index (χ2n) is 7.87. The van der Waals surface area contributed by atoms with Crippen molar-refractivity contribution in [2.45, 2.75) is 38.8 Å². The zero-order valence-corrected chi connectivity index (χ0v) is 19.0. The lowest BCUT2D eigenvalue weighted by atomic mass is 10.1. The van der Waals surface area contributed by atoms with E-state index in [1.165, 1.54) is 19.4 Å². The summed E-state index contributed by atoms with van der Waals surface area (Å²) in [5, 5.41) is 0. The predicted molar refractivity (Wildman–Crippen MR) is 122 cm³/mol. The van der Waals surface area contributed by atoms with E-state index >= 15 is 0 Å². The van der Waals surface area contributed by atoms with Gasteiger partial charge < -0.3 is 9.64 Å². The molecule has 0 bridgehead atoms. The molecule has 9 nitrogen and oxygen atoms in total. The third-order valence-corrected chi connectivity index (χ3v) is 7.11. The summed E-state index contributed by atoms with van der Waals surface area (Å²) in [6.07, 6.45) is 4.70. The van der Waals surface area contributed by atoms with E-state index in [4.69, 9.17) is 9.72 Å². The Morgan fingerprint density at radius 1 is 1.09 bits per heavy atom. The molecular formula is C22H25N5O4S. The maximum atomic E-state index is 13.1. The normalized spacial score (nSPS) is 20.3. The number of methoxy groups -OCH3 is 1. The lowest BCUT2D eigenvalue weighted by Crippen LogP contribution is -2.37. The van der Waals surface area contributed by atoms with Gasteiger partial charge >= 0.3 is 0 Å². The van der Waals surface area contributed by atoms with E-state index in [1.54, 1.807) is 18.2 Å². The number of pyridine rings is 2. The summed E-state index contributed by atoms with van der Waals surface area (Å²) in [4.78, 5) is 28.3. The molecule has 4 heterocycles. The van der Waals surface area contributed by atoms with Gasteiger partial charge in [0.15, 0.2) is 0 Å². The van der Waals surface area contributed by atoms with Crippen molar-refractivity contribution in [1.82, 2.24) is 14.7 Å². The lowest BCUT2D eigenvalue weighted by molar-refractivity contribution is 0.0982. The quantitative estimate of drug-likeness (QED) is 0.712. The molecule has 1 N–H and O–H groups in total. The molecule has 2 aromatic rings. The maximum Gasteiger partial charge on any atom is 0.268 e. The number of hydrogen-bond acceptors (Lipinski definition) is 8. The number of allylic oxidation sites excluding steroid dienone is 1. The van der Waals surface area contributed by atoms with Gasteiger partial charge in [0.05, 0.1) is 35.5 Å². The molecule has 2 aromatic heterocycles. The number of sulfonamides is 1. The topological polar surface area (TPSA) is 114 Å². The summed E-state index contributed by atoms with van der Waals surface area (Å²) in [5.74, 6) is 0.166. The average molecular weight is 456 g/mol. The first-order chi connectivity index (χ1) is 15.3. The minimum Gasteiger partial charge on any atom is -0.481 e. The van der Waals surface area contributed by atoms with Gasteiger partial charge in [-0.25, -0.2) is 23.1 Å². The number of aliphatic imine (C=N–C) groups is 1. The van der Waals surface area contributed by atoms with Crippen LogP contribution in [0.15, 0.2) is 46.3 Å². The number of hydrogen-bond donors (Lipinski definition) is 1. The number of amides is 1. The molecule has 0 spiro atoms. The van der Waals surface area contributed by atoms with Gasteiger partial charge in [0, 0.05) is 24.4 Å². The highest BCUT2D eigenvalue weighted by Gasteiger charge is 2.33. The van der Waals surface area contributed by atoms with Gasteiger partial charge in [0.25, 0.3) is 15.9 Å². The fraction of sp³-hybridized carbons (Fsp3) is 0.364. The van der Waals surface area contributed by atoms with E-state index in [2.05, 4.69) is 33.4 Å². The summed E-state index contributed by atoms with van der Waals surface area (Å²) in [6, 6.07) is 8.93. The monoisotopic (exact) mass is 455 g/mol. The molecule has 1 fully saturated rings. The largest absolute Gasteiger partial charge is 0.481 e. The van der Waals surface area contributed by atoms with Gasteiger partial charge in [-0.2, -0.15) is 0 Å². The minimum atomic E-state index is -3.98. The Bertz CT molecular complexity index is 1200. The number of rotatable bonds is 6. The third-order valence-electron chi connectivity index (χ3n) is 5.70. The van der Waals surface area contributed by atoms with Crippen LogP contribution in [-0.2, 0) is 10.0 Å². The molecule has 0 aliphatic carbocycles. The van der Waals surface area contributed by atoms with Crippen LogP contribution in [0.1, 0.15) is 37.0 Å². The molecule has 2 aliphatic heterocycles. The van der Waals surface area contributed by atoms with Gasteiger partial charge in [-0.1, -0.05) is 6.07 Å². The Hall–Kier alpha value is -3.27.